The van der Waals surface area contributed by atoms with Crippen molar-refractivity contribution >= 4 is 24.2 Å². The van der Waals surface area contributed by atoms with Crippen LogP contribution in [0.4, 0.5) is 0 Å². The molecular formula is C23H16O7. The predicted octanol–water partition coefficient (Wildman–Crippen LogP) is 3.72. The third kappa shape index (κ3) is 4.96. The van der Waals surface area contributed by atoms with E-state index >= 15 is 0 Å². The molecule has 0 aliphatic rings. The molecule has 0 atom stereocenters. The fraction of sp³-hybridized carbons (Fsp3) is 0.0435. The van der Waals surface area contributed by atoms with Crippen LogP contribution in [0.3, 0.4) is 0 Å². The van der Waals surface area contributed by atoms with Crippen LogP contribution in [0.25, 0.3) is 0 Å². The van der Waals surface area contributed by atoms with Crippen molar-refractivity contribution in [1.82, 2.24) is 0 Å². The summed E-state index contributed by atoms with van der Waals surface area (Å²) in [7, 11) is 1.27. The summed E-state index contributed by atoms with van der Waals surface area (Å²) in [6, 6.07) is 17.8. The van der Waals surface area contributed by atoms with Crippen LogP contribution in [0.5, 0.6) is 11.5 Å². The first-order chi connectivity index (χ1) is 14.5. The molecule has 0 saturated heterocycles. The minimum atomic E-state index is -0.605. The highest BCUT2D eigenvalue weighted by Gasteiger charge is 2.12. The molecule has 0 fully saturated rings. The fourth-order valence-electron chi connectivity index (χ4n) is 2.47. The van der Waals surface area contributed by atoms with Gasteiger partial charge in [-0.25, -0.2) is 14.4 Å². The second kappa shape index (κ2) is 9.29. The first-order valence-corrected chi connectivity index (χ1v) is 8.78. The Morgan fingerprint density at radius 2 is 0.967 bits per heavy atom. The minimum Gasteiger partial charge on any atom is -0.465 e. The average molecular weight is 404 g/mol. The molecule has 3 rings (SSSR count). The van der Waals surface area contributed by atoms with Gasteiger partial charge in [0.2, 0.25) is 0 Å². The number of ether oxygens (including phenoxy) is 3. The maximum Gasteiger partial charge on any atom is 0.343 e. The van der Waals surface area contributed by atoms with E-state index in [9.17, 15) is 19.2 Å². The topological polar surface area (TPSA) is 96.0 Å². The van der Waals surface area contributed by atoms with Crippen molar-refractivity contribution in [1.29, 1.82) is 0 Å². The van der Waals surface area contributed by atoms with E-state index in [0.717, 1.165) is 0 Å². The number of hydrogen-bond acceptors (Lipinski definition) is 7. The minimum absolute atomic E-state index is 0.257. The molecule has 0 amide bonds. The Balaban J connectivity index is 1.60. The lowest BCUT2D eigenvalue weighted by atomic mass is 10.1. The van der Waals surface area contributed by atoms with Crippen molar-refractivity contribution in [2.75, 3.05) is 7.11 Å². The van der Waals surface area contributed by atoms with Gasteiger partial charge in [0.25, 0.3) is 0 Å². The van der Waals surface area contributed by atoms with Gasteiger partial charge in [0.1, 0.15) is 17.8 Å². The molecule has 7 nitrogen and oxygen atoms in total. The van der Waals surface area contributed by atoms with E-state index in [1.54, 1.807) is 0 Å². The van der Waals surface area contributed by atoms with Gasteiger partial charge in [-0.1, -0.05) is 12.1 Å². The van der Waals surface area contributed by atoms with Crippen molar-refractivity contribution < 1.29 is 33.4 Å². The van der Waals surface area contributed by atoms with Crippen LogP contribution in [0.2, 0.25) is 0 Å². The zero-order valence-corrected chi connectivity index (χ0v) is 15.9. The predicted molar refractivity (Wildman–Crippen MR) is 106 cm³/mol. The molecule has 0 aromatic heterocycles. The van der Waals surface area contributed by atoms with Gasteiger partial charge < -0.3 is 14.2 Å². The lowest BCUT2D eigenvalue weighted by molar-refractivity contribution is 0.0599. The average Bonchev–Trinajstić information content (AvgIpc) is 2.80. The van der Waals surface area contributed by atoms with E-state index in [0.29, 0.717) is 23.0 Å². The van der Waals surface area contributed by atoms with Crippen LogP contribution in [-0.4, -0.2) is 31.3 Å². The van der Waals surface area contributed by atoms with Crippen LogP contribution >= 0.6 is 0 Å². The van der Waals surface area contributed by atoms with Crippen LogP contribution in [0, 0.1) is 0 Å². The van der Waals surface area contributed by atoms with Crippen molar-refractivity contribution in [3.8, 4) is 11.5 Å². The molecule has 0 unspecified atom stereocenters. The summed E-state index contributed by atoms with van der Waals surface area (Å²) < 4.78 is 15.1. The third-order valence-electron chi connectivity index (χ3n) is 4.07. The smallest absolute Gasteiger partial charge is 0.343 e. The van der Waals surface area contributed by atoms with Gasteiger partial charge in [0.15, 0.2) is 0 Å². The lowest BCUT2D eigenvalue weighted by Gasteiger charge is -2.07. The number of benzene rings is 3. The van der Waals surface area contributed by atoms with E-state index < -0.39 is 17.9 Å². The molecule has 0 aliphatic carbocycles. The molecule has 30 heavy (non-hydrogen) atoms. The summed E-state index contributed by atoms with van der Waals surface area (Å²) >= 11 is 0. The van der Waals surface area contributed by atoms with Gasteiger partial charge in [0.05, 0.1) is 23.8 Å². The summed E-state index contributed by atoms with van der Waals surface area (Å²) in [5.41, 5.74) is 1.34. The van der Waals surface area contributed by atoms with E-state index in [1.165, 1.54) is 79.9 Å². The monoisotopic (exact) mass is 404 g/mol. The SMILES string of the molecule is COC(=O)c1ccc(C(=O)Oc2ccc(OC(=O)c3ccc(C=O)cc3)cc2)cc1. The Morgan fingerprint density at radius 3 is 1.33 bits per heavy atom. The molecule has 3 aromatic rings. The van der Waals surface area contributed by atoms with Gasteiger partial charge in [-0.2, -0.15) is 0 Å². The van der Waals surface area contributed by atoms with Gasteiger partial charge in [0, 0.05) is 5.56 Å². The second-order valence-corrected chi connectivity index (χ2v) is 6.06. The zero-order valence-electron chi connectivity index (χ0n) is 15.9. The summed E-state index contributed by atoms with van der Waals surface area (Å²) in [5.74, 6) is -1.16. The van der Waals surface area contributed by atoms with Crippen LogP contribution < -0.4 is 9.47 Å². The number of esters is 3. The molecule has 150 valence electrons. The van der Waals surface area contributed by atoms with Crippen LogP contribution in [0.15, 0.2) is 72.8 Å². The first-order valence-electron chi connectivity index (χ1n) is 8.78. The van der Waals surface area contributed by atoms with Crippen molar-refractivity contribution in [2.24, 2.45) is 0 Å². The highest BCUT2D eigenvalue weighted by molar-refractivity contribution is 5.94. The number of rotatable bonds is 6. The maximum atomic E-state index is 12.2. The molecule has 0 bridgehead atoms. The summed E-state index contributed by atoms with van der Waals surface area (Å²) in [4.78, 5) is 46.4. The van der Waals surface area contributed by atoms with E-state index in [2.05, 4.69) is 4.74 Å². The molecule has 0 spiro atoms. The van der Waals surface area contributed by atoms with Gasteiger partial charge in [-0.05, 0) is 60.7 Å². The Labute approximate surface area is 171 Å². The molecule has 0 radical (unpaired) electrons. The normalized spacial score (nSPS) is 10.0. The zero-order chi connectivity index (χ0) is 21.5. The second-order valence-electron chi connectivity index (χ2n) is 6.06. The van der Waals surface area contributed by atoms with Crippen LogP contribution in [-0.2, 0) is 4.74 Å². The number of aldehydes is 1. The molecule has 0 N–H and O–H groups in total. The molecule has 0 saturated carbocycles. The first kappa shape index (κ1) is 20.5. The van der Waals surface area contributed by atoms with Gasteiger partial charge >= 0.3 is 17.9 Å². The maximum absolute atomic E-state index is 12.2. The lowest BCUT2D eigenvalue weighted by Crippen LogP contribution is -2.10. The van der Waals surface area contributed by atoms with E-state index in [1.807, 2.05) is 0 Å². The molecule has 7 heteroatoms. The molecular weight excluding hydrogens is 388 g/mol. The Kier molecular flexibility index (Phi) is 6.34. The number of carbonyl (C=O) groups excluding carboxylic acids is 4. The van der Waals surface area contributed by atoms with Gasteiger partial charge in [-0.3, -0.25) is 4.79 Å². The summed E-state index contributed by atoms with van der Waals surface area (Å²) in [6.45, 7) is 0. The van der Waals surface area contributed by atoms with E-state index in [-0.39, 0.29) is 17.1 Å². The van der Waals surface area contributed by atoms with E-state index in [4.69, 9.17) is 9.47 Å². The largest absolute Gasteiger partial charge is 0.465 e. The van der Waals surface area contributed by atoms with Crippen molar-refractivity contribution in [3.05, 3.63) is 95.1 Å². The summed E-state index contributed by atoms with van der Waals surface area (Å²) in [5, 5.41) is 0. The molecule has 0 aliphatic heterocycles. The Morgan fingerprint density at radius 1 is 0.600 bits per heavy atom. The quantitative estimate of drug-likeness (QED) is 0.351. The summed E-state index contributed by atoms with van der Waals surface area (Å²) in [6.07, 6.45) is 0.683. The number of carbonyl (C=O) groups is 4. The van der Waals surface area contributed by atoms with Crippen molar-refractivity contribution in [2.45, 2.75) is 0 Å². The Bertz CT molecular complexity index is 1070. The third-order valence-corrected chi connectivity index (χ3v) is 4.07. The molecule has 0 heterocycles. The molecule has 3 aromatic carbocycles. The number of hydrogen-bond donors (Lipinski definition) is 0. The standard InChI is InChI=1S/C23H16O7/c1-28-21(25)16-6-8-18(9-7-16)23(27)30-20-12-10-19(11-13-20)29-22(26)17-4-2-15(14-24)3-5-17/h2-14H,1H3. The van der Waals surface area contributed by atoms with Gasteiger partial charge in [-0.15, -0.1) is 0 Å². The van der Waals surface area contributed by atoms with Crippen LogP contribution in [0.1, 0.15) is 41.4 Å². The van der Waals surface area contributed by atoms with Crippen molar-refractivity contribution in [3.63, 3.8) is 0 Å². The highest BCUT2D eigenvalue weighted by Crippen LogP contribution is 2.20. The highest BCUT2D eigenvalue weighted by atomic mass is 16.5. The Hall–Kier alpha value is -4.26. The fourth-order valence-corrected chi connectivity index (χ4v) is 2.47. The number of methoxy groups -OCH3 is 1.